The van der Waals surface area contributed by atoms with Crippen molar-refractivity contribution in [2.24, 2.45) is 11.5 Å². The summed E-state index contributed by atoms with van der Waals surface area (Å²) in [6, 6.07) is -2.37. The predicted molar refractivity (Wildman–Crippen MR) is 92.7 cm³/mol. The van der Waals surface area contributed by atoms with Gasteiger partial charge in [0.2, 0.25) is 17.7 Å². The number of nitrogens with zero attached hydrogens (tertiary/aromatic N) is 2. The van der Waals surface area contributed by atoms with Gasteiger partial charge in [-0.3, -0.25) is 19.2 Å². The lowest BCUT2D eigenvalue weighted by atomic mass is 9.85. The summed E-state index contributed by atoms with van der Waals surface area (Å²) in [5, 5.41) is 21.3. The van der Waals surface area contributed by atoms with E-state index in [4.69, 9.17) is 11.5 Å². The standard InChI is InChI=1S/C16H27N5O6/c1-8(22)11(17)14(26)21-5-3-4-16(21)7-20(15(16)27)6-10(24)19-12(9(2)23)13(18)25/h8-9,11-12,22-23H,3-7,17H2,1-2H3,(H2,18,25)(H,19,24)/t8-,9-,11+,12+,16?/m1/s1. The highest BCUT2D eigenvalue weighted by atomic mass is 16.3. The van der Waals surface area contributed by atoms with Crippen LogP contribution in [0.25, 0.3) is 0 Å². The Hall–Kier alpha value is -2.24. The van der Waals surface area contributed by atoms with Crippen molar-refractivity contribution in [2.75, 3.05) is 19.6 Å². The van der Waals surface area contributed by atoms with Gasteiger partial charge in [-0.1, -0.05) is 0 Å². The zero-order valence-electron chi connectivity index (χ0n) is 15.4. The number of aliphatic hydroxyl groups excluding tert-OH is 2. The Morgan fingerprint density at radius 1 is 1.26 bits per heavy atom. The fraction of sp³-hybridized carbons (Fsp3) is 0.750. The number of nitrogens with one attached hydrogen (secondary N) is 1. The summed E-state index contributed by atoms with van der Waals surface area (Å²) in [4.78, 5) is 51.1. The molecule has 0 aromatic carbocycles. The zero-order valence-corrected chi connectivity index (χ0v) is 15.4. The Morgan fingerprint density at radius 3 is 2.37 bits per heavy atom. The molecule has 152 valence electrons. The molecule has 0 radical (unpaired) electrons. The average molecular weight is 385 g/mol. The molecule has 11 nitrogen and oxygen atoms in total. The first-order valence-corrected chi connectivity index (χ1v) is 8.82. The minimum Gasteiger partial charge on any atom is -0.391 e. The SMILES string of the molecule is C[C@@H](O)[C@H](N)C(=O)N1CCCC12CN(CC(=O)N[C@H](C(N)=O)[C@@H](C)O)C2=O. The molecule has 2 aliphatic rings. The number of hydrogen-bond donors (Lipinski definition) is 5. The molecule has 0 aliphatic carbocycles. The molecule has 1 spiro atoms. The summed E-state index contributed by atoms with van der Waals surface area (Å²) >= 11 is 0. The van der Waals surface area contributed by atoms with Crippen LogP contribution in [0.15, 0.2) is 0 Å². The number of aliphatic hydroxyl groups is 2. The van der Waals surface area contributed by atoms with Gasteiger partial charge in [-0.25, -0.2) is 0 Å². The van der Waals surface area contributed by atoms with Gasteiger partial charge >= 0.3 is 0 Å². The second kappa shape index (κ2) is 7.79. The number of likely N-dealkylation sites (tertiary alicyclic amines) is 2. The topological polar surface area (TPSA) is 179 Å². The Morgan fingerprint density at radius 2 is 1.89 bits per heavy atom. The average Bonchev–Trinajstić information content (AvgIpc) is 3.03. The third-order valence-corrected chi connectivity index (χ3v) is 5.14. The molecule has 2 aliphatic heterocycles. The molecule has 2 fully saturated rings. The first-order valence-electron chi connectivity index (χ1n) is 8.82. The maximum atomic E-state index is 12.7. The normalized spacial score (nSPS) is 26.3. The number of hydrogen-bond acceptors (Lipinski definition) is 7. The van der Waals surface area contributed by atoms with E-state index in [9.17, 15) is 29.4 Å². The van der Waals surface area contributed by atoms with Gasteiger partial charge in [-0.2, -0.15) is 0 Å². The third-order valence-electron chi connectivity index (χ3n) is 5.14. The quantitative estimate of drug-likeness (QED) is 0.279. The molecular formula is C16H27N5O6. The molecule has 1 unspecified atom stereocenters. The van der Waals surface area contributed by atoms with Crippen molar-refractivity contribution >= 4 is 23.6 Å². The summed E-state index contributed by atoms with van der Waals surface area (Å²) in [5.74, 6) is -2.40. The van der Waals surface area contributed by atoms with Crippen molar-refractivity contribution < 1.29 is 29.4 Å². The molecule has 2 heterocycles. The van der Waals surface area contributed by atoms with E-state index < -0.39 is 47.6 Å². The van der Waals surface area contributed by atoms with E-state index in [1.165, 1.54) is 23.6 Å². The lowest BCUT2D eigenvalue weighted by Gasteiger charge is -2.51. The summed E-state index contributed by atoms with van der Waals surface area (Å²) in [5.41, 5.74) is 9.80. The lowest BCUT2D eigenvalue weighted by Crippen LogP contribution is -2.75. The monoisotopic (exact) mass is 385 g/mol. The van der Waals surface area contributed by atoms with E-state index in [1.54, 1.807) is 0 Å². The Labute approximate surface area is 156 Å². The second-order valence-corrected chi connectivity index (χ2v) is 7.24. The van der Waals surface area contributed by atoms with Crippen LogP contribution in [-0.2, 0) is 19.2 Å². The molecular weight excluding hydrogens is 358 g/mol. The van der Waals surface area contributed by atoms with Crippen LogP contribution in [0, 0.1) is 0 Å². The predicted octanol–water partition coefficient (Wildman–Crippen LogP) is -3.75. The van der Waals surface area contributed by atoms with Crippen LogP contribution >= 0.6 is 0 Å². The van der Waals surface area contributed by atoms with E-state index in [0.717, 1.165) is 0 Å². The molecule has 0 aromatic rings. The highest BCUT2D eigenvalue weighted by Gasteiger charge is 2.60. The van der Waals surface area contributed by atoms with E-state index in [2.05, 4.69) is 5.32 Å². The summed E-state index contributed by atoms with van der Waals surface area (Å²) < 4.78 is 0. The Bertz CT molecular complexity index is 639. The van der Waals surface area contributed by atoms with Gasteiger partial charge < -0.3 is 36.8 Å². The highest BCUT2D eigenvalue weighted by Crippen LogP contribution is 2.39. The van der Waals surface area contributed by atoms with Crippen molar-refractivity contribution in [3.8, 4) is 0 Å². The summed E-state index contributed by atoms with van der Waals surface area (Å²) in [6.45, 7) is 2.92. The summed E-state index contributed by atoms with van der Waals surface area (Å²) in [6.07, 6.45) is -1.14. The van der Waals surface area contributed by atoms with Crippen LogP contribution in [0.3, 0.4) is 0 Å². The lowest BCUT2D eigenvalue weighted by molar-refractivity contribution is -0.170. The van der Waals surface area contributed by atoms with Crippen LogP contribution in [0.2, 0.25) is 0 Å². The molecule has 2 saturated heterocycles. The number of carbonyl (C=O) groups is 4. The number of rotatable bonds is 7. The third kappa shape index (κ3) is 3.89. The van der Waals surface area contributed by atoms with Gasteiger partial charge in [0.15, 0.2) is 0 Å². The van der Waals surface area contributed by atoms with Gasteiger partial charge in [0.05, 0.1) is 25.3 Å². The largest absolute Gasteiger partial charge is 0.391 e. The molecule has 0 bridgehead atoms. The van der Waals surface area contributed by atoms with Gasteiger partial charge in [0.1, 0.15) is 17.6 Å². The Kier molecular flexibility index (Phi) is 6.07. The first kappa shape index (κ1) is 21.1. The zero-order chi connectivity index (χ0) is 20.5. The van der Waals surface area contributed by atoms with Gasteiger partial charge in [0.25, 0.3) is 5.91 Å². The number of β-lactam (4-membered cyclic amide) rings is 1. The van der Waals surface area contributed by atoms with Gasteiger partial charge in [-0.05, 0) is 26.7 Å². The molecule has 11 heteroatoms. The maximum Gasteiger partial charge on any atom is 0.250 e. The molecule has 2 rings (SSSR count). The van der Waals surface area contributed by atoms with Crippen molar-refractivity contribution in [3.05, 3.63) is 0 Å². The minimum absolute atomic E-state index is 0.160. The maximum absolute atomic E-state index is 12.7. The number of nitrogens with two attached hydrogens (primary N) is 2. The second-order valence-electron chi connectivity index (χ2n) is 7.24. The molecule has 5 atom stereocenters. The fourth-order valence-electron chi connectivity index (χ4n) is 3.58. The number of amides is 4. The molecule has 0 aromatic heterocycles. The molecule has 27 heavy (non-hydrogen) atoms. The number of primary amides is 1. The van der Waals surface area contributed by atoms with Gasteiger partial charge in [-0.15, -0.1) is 0 Å². The number of carbonyl (C=O) groups excluding carboxylic acids is 4. The van der Waals surface area contributed by atoms with Crippen molar-refractivity contribution in [2.45, 2.75) is 56.5 Å². The smallest absolute Gasteiger partial charge is 0.250 e. The van der Waals surface area contributed by atoms with Crippen LogP contribution in [0.5, 0.6) is 0 Å². The first-order chi connectivity index (χ1) is 12.5. The van der Waals surface area contributed by atoms with E-state index in [0.29, 0.717) is 19.4 Å². The van der Waals surface area contributed by atoms with E-state index in [-0.39, 0.29) is 19.0 Å². The van der Waals surface area contributed by atoms with Crippen molar-refractivity contribution in [3.63, 3.8) is 0 Å². The van der Waals surface area contributed by atoms with E-state index >= 15 is 0 Å². The van der Waals surface area contributed by atoms with Gasteiger partial charge in [0, 0.05) is 6.54 Å². The molecule has 7 N–H and O–H groups in total. The van der Waals surface area contributed by atoms with Crippen molar-refractivity contribution in [1.29, 1.82) is 0 Å². The van der Waals surface area contributed by atoms with Crippen LogP contribution in [0.4, 0.5) is 0 Å². The van der Waals surface area contributed by atoms with Crippen LogP contribution in [-0.4, -0.2) is 93.1 Å². The van der Waals surface area contributed by atoms with Crippen molar-refractivity contribution in [1.82, 2.24) is 15.1 Å². The van der Waals surface area contributed by atoms with E-state index in [1.807, 2.05) is 0 Å². The Balaban J connectivity index is 2.00. The van der Waals surface area contributed by atoms with Crippen LogP contribution in [0.1, 0.15) is 26.7 Å². The fourth-order valence-corrected chi connectivity index (χ4v) is 3.58. The minimum atomic E-state index is -1.25. The van der Waals surface area contributed by atoms with Crippen LogP contribution < -0.4 is 16.8 Å². The highest BCUT2D eigenvalue weighted by molar-refractivity contribution is 6.00. The molecule has 4 amide bonds. The summed E-state index contributed by atoms with van der Waals surface area (Å²) in [7, 11) is 0. The molecule has 0 saturated carbocycles.